The van der Waals surface area contributed by atoms with E-state index in [1.54, 1.807) is 0 Å². The number of nitrogens with one attached hydrogen (secondary N) is 1. The lowest BCUT2D eigenvalue weighted by atomic mass is 10.1. The molecule has 1 aromatic rings. The Morgan fingerprint density at radius 2 is 1.95 bits per heavy atom. The summed E-state index contributed by atoms with van der Waals surface area (Å²) in [6, 6.07) is 6.49. The lowest BCUT2D eigenvalue weighted by Gasteiger charge is -2.34. The van der Waals surface area contributed by atoms with Gasteiger partial charge in [-0.15, -0.1) is 0 Å². The van der Waals surface area contributed by atoms with Gasteiger partial charge in [0.05, 0.1) is 6.61 Å². The second-order valence-electron chi connectivity index (χ2n) is 5.34. The second-order valence-corrected chi connectivity index (χ2v) is 5.77. The number of halogens is 1. The van der Waals surface area contributed by atoms with E-state index in [2.05, 4.69) is 37.1 Å². The van der Waals surface area contributed by atoms with Crippen LogP contribution in [-0.4, -0.2) is 30.8 Å². The molecule has 0 fully saturated rings. The van der Waals surface area contributed by atoms with Crippen molar-refractivity contribution in [1.29, 1.82) is 0 Å². The van der Waals surface area contributed by atoms with Crippen molar-refractivity contribution < 1.29 is 5.11 Å². The number of nitrogens with zero attached hydrogens (tertiary/aromatic N) is 1. The van der Waals surface area contributed by atoms with Gasteiger partial charge in [0.1, 0.15) is 0 Å². The molecule has 0 aliphatic carbocycles. The monoisotopic (exact) mass is 312 g/mol. The summed E-state index contributed by atoms with van der Waals surface area (Å²) in [5.74, 6) is 0. The zero-order chi connectivity index (χ0) is 15.7. The van der Waals surface area contributed by atoms with Gasteiger partial charge in [-0.2, -0.15) is 0 Å². The smallest absolute Gasteiger partial charge is 0.0606 e. The van der Waals surface area contributed by atoms with Crippen molar-refractivity contribution >= 4 is 17.3 Å². The van der Waals surface area contributed by atoms with Gasteiger partial charge in [0.15, 0.2) is 0 Å². The number of hydrogen-bond donors (Lipinski definition) is 2. The SMILES string of the molecule is CCCNCc1ccc(Cl)cc1N(CCO)C(CC)CC. The van der Waals surface area contributed by atoms with E-state index in [1.165, 1.54) is 5.56 Å². The molecule has 0 saturated carbocycles. The fourth-order valence-corrected chi connectivity index (χ4v) is 2.86. The zero-order valence-electron chi connectivity index (χ0n) is 13.5. The Morgan fingerprint density at radius 1 is 1.24 bits per heavy atom. The highest BCUT2D eigenvalue weighted by Crippen LogP contribution is 2.28. The molecule has 3 nitrogen and oxygen atoms in total. The van der Waals surface area contributed by atoms with Gasteiger partial charge in [-0.1, -0.05) is 38.4 Å². The third kappa shape index (κ3) is 5.50. The Hall–Kier alpha value is -0.770. The Morgan fingerprint density at radius 3 is 2.52 bits per heavy atom. The summed E-state index contributed by atoms with van der Waals surface area (Å²) in [5.41, 5.74) is 2.39. The van der Waals surface area contributed by atoms with Crippen LogP contribution in [0.3, 0.4) is 0 Å². The van der Waals surface area contributed by atoms with Crippen LogP contribution in [0.15, 0.2) is 18.2 Å². The van der Waals surface area contributed by atoms with Crippen molar-refractivity contribution in [2.75, 3.05) is 24.6 Å². The average molecular weight is 313 g/mol. The van der Waals surface area contributed by atoms with Crippen molar-refractivity contribution in [2.24, 2.45) is 0 Å². The molecule has 0 aromatic heterocycles. The first-order valence-corrected chi connectivity index (χ1v) is 8.42. The van der Waals surface area contributed by atoms with Gasteiger partial charge in [0, 0.05) is 29.8 Å². The van der Waals surface area contributed by atoms with Gasteiger partial charge in [0.25, 0.3) is 0 Å². The van der Waals surface area contributed by atoms with E-state index >= 15 is 0 Å². The molecule has 1 aromatic carbocycles. The minimum absolute atomic E-state index is 0.158. The number of aliphatic hydroxyl groups excluding tert-OH is 1. The quantitative estimate of drug-likeness (QED) is 0.645. The minimum atomic E-state index is 0.158. The third-order valence-corrected chi connectivity index (χ3v) is 4.06. The Labute approximate surface area is 134 Å². The normalized spacial score (nSPS) is 11.1. The molecular weight excluding hydrogens is 284 g/mol. The molecule has 0 radical (unpaired) electrons. The molecule has 0 amide bonds. The highest BCUT2D eigenvalue weighted by molar-refractivity contribution is 6.30. The number of rotatable bonds is 10. The van der Waals surface area contributed by atoms with Crippen molar-refractivity contribution in [3.8, 4) is 0 Å². The highest BCUT2D eigenvalue weighted by atomic mass is 35.5. The number of hydrogen-bond acceptors (Lipinski definition) is 3. The molecule has 120 valence electrons. The summed E-state index contributed by atoms with van der Waals surface area (Å²) in [6.07, 6.45) is 3.24. The molecular formula is C17H29ClN2O. The Bertz CT molecular complexity index is 408. The molecule has 0 saturated heterocycles. The zero-order valence-corrected chi connectivity index (χ0v) is 14.3. The van der Waals surface area contributed by atoms with Gasteiger partial charge in [0.2, 0.25) is 0 Å². The second kappa shape index (κ2) is 10.0. The van der Waals surface area contributed by atoms with Crippen LogP contribution in [0.2, 0.25) is 5.02 Å². The van der Waals surface area contributed by atoms with E-state index in [9.17, 15) is 5.11 Å². The van der Waals surface area contributed by atoms with Crippen molar-refractivity contribution in [3.05, 3.63) is 28.8 Å². The fourth-order valence-electron chi connectivity index (χ4n) is 2.69. The molecule has 0 unspecified atom stereocenters. The third-order valence-electron chi connectivity index (χ3n) is 3.82. The van der Waals surface area contributed by atoms with Crippen LogP contribution in [-0.2, 0) is 6.54 Å². The van der Waals surface area contributed by atoms with Crippen LogP contribution in [0.1, 0.15) is 45.6 Å². The molecule has 0 bridgehead atoms. The van der Waals surface area contributed by atoms with E-state index in [4.69, 9.17) is 11.6 Å². The molecule has 0 aliphatic heterocycles. The van der Waals surface area contributed by atoms with Crippen LogP contribution in [0.25, 0.3) is 0 Å². The first-order valence-electron chi connectivity index (χ1n) is 8.04. The topological polar surface area (TPSA) is 35.5 Å². The summed E-state index contributed by atoms with van der Waals surface area (Å²) in [6.45, 7) is 9.20. The summed E-state index contributed by atoms with van der Waals surface area (Å²) >= 11 is 6.20. The van der Waals surface area contributed by atoms with Crippen molar-refractivity contribution in [3.63, 3.8) is 0 Å². The van der Waals surface area contributed by atoms with Gasteiger partial charge >= 0.3 is 0 Å². The largest absolute Gasteiger partial charge is 0.395 e. The molecule has 2 N–H and O–H groups in total. The minimum Gasteiger partial charge on any atom is -0.395 e. The Kier molecular flexibility index (Phi) is 8.74. The predicted molar refractivity (Wildman–Crippen MR) is 92.3 cm³/mol. The maximum atomic E-state index is 9.42. The van der Waals surface area contributed by atoms with Crippen molar-refractivity contribution in [1.82, 2.24) is 5.32 Å². The van der Waals surface area contributed by atoms with Crippen LogP contribution in [0.4, 0.5) is 5.69 Å². The van der Waals surface area contributed by atoms with Gasteiger partial charge in [-0.25, -0.2) is 0 Å². The predicted octanol–water partition coefficient (Wildman–Crippen LogP) is 3.83. The molecule has 21 heavy (non-hydrogen) atoms. The van der Waals surface area contributed by atoms with Crippen LogP contribution >= 0.6 is 11.6 Å². The van der Waals surface area contributed by atoms with Crippen LogP contribution < -0.4 is 10.2 Å². The van der Waals surface area contributed by atoms with E-state index in [-0.39, 0.29) is 6.61 Å². The summed E-state index contributed by atoms with van der Waals surface area (Å²) in [7, 11) is 0. The van der Waals surface area contributed by atoms with E-state index in [1.807, 2.05) is 12.1 Å². The summed E-state index contributed by atoms with van der Waals surface area (Å²) in [5, 5.41) is 13.6. The van der Waals surface area contributed by atoms with Gasteiger partial charge in [-0.05, 0) is 43.5 Å². The lowest BCUT2D eigenvalue weighted by molar-refractivity contribution is 0.296. The van der Waals surface area contributed by atoms with Gasteiger partial charge < -0.3 is 15.3 Å². The first kappa shape index (κ1) is 18.3. The van der Waals surface area contributed by atoms with Gasteiger partial charge in [-0.3, -0.25) is 0 Å². The molecule has 1 rings (SSSR count). The number of benzene rings is 1. The number of aliphatic hydroxyl groups is 1. The van der Waals surface area contributed by atoms with E-state index in [0.717, 1.165) is 43.1 Å². The molecule has 0 heterocycles. The van der Waals surface area contributed by atoms with Crippen LogP contribution in [0, 0.1) is 0 Å². The first-order chi connectivity index (χ1) is 10.2. The average Bonchev–Trinajstić information content (AvgIpc) is 2.49. The lowest BCUT2D eigenvalue weighted by Crippen LogP contribution is -2.37. The highest BCUT2D eigenvalue weighted by Gasteiger charge is 2.18. The molecule has 0 aliphatic rings. The number of anilines is 1. The molecule has 0 atom stereocenters. The van der Waals surface area contributed by atoms with E-state index in [0.29, 0.717) is 12.6 Å². The summed E-state index contributed by atoms with van der Waals surface area (Å²) < 4.78 is 0. The maximum absolute atomic E-state index is 9.42. The maximum Gasteiger partial charge on any atom is 0.0606 e. The summed E-state index contributed by atoms with van der Waals surface area (Å²) in [4.78, 5) is 2.30. The van der Waals surface area contributed by atoms with E-state index < -0.39 is 0 Å². The molecule has 4 heteroatoms. The standard InChI is InChI=1S/C17H29ClN2O/c1-4-9-19-13-14-7-8-15(18)12-17(14)20(10-11-21)16(5-2)6-3/h7-8,12,16,19,21H,4-6,9-11,13H2,1-3H3. The Balaban J connectivity index is 3.05. The molecule has 0 spiro atoms. The van der Waals surface area contributed by atoms with Crippen LogP contribution in [0.5, 0.6) is 0 Å². The fraction of sp³-hybridized carbons (Fsp3) is 0.647. The van der Waals surface area contributed by atoms with Crippen molar-refractivity contribution in [2.45, 2.75) is 52.6 Å².